The molecule has 6 aromatic rings. The molecule has 0 amide bonds. The lowest BCUT2D eigenvalue weighted by Crippen LogP contribution is -2.33. The van der Waals surface area contributed by atoms with E-state index in [-0.39, 0.29) is 0 Å². The molecule has 2 heterocycles. The van der Waals surface area contributed by atoms with Crippen molar-refractivity contribution in [3.05, 3.63) is 133 Å². The molecule has 0 atom stereocenters. The zero-order valence-corrected chi connectivity index (χ0v) is 19.2. The van der Waals surface area contributed by atoms with Crippen molar-refractivity contribution in [2.45, 2.75) is 26.2 Å². The van der Waals surface area contributed by atoms with Gasteiger partial charge in [-0.3, -0.25) is 0 Å². The van der Waals surface area contributed by atoms with E-state index in [1.54, 1.807) is 0 Å². The Morgan fingerprint density at radius 3 is 1.26 bits per heavy atom. The maximum absolute atomic E-state index is 2.38. The molecule has 0 bridgehead atoms. The summed E-state index contributed by atoms with van der Waals surface area (Å²) in [4.78, 5) is 0. The maximum Gasteiger partial charge on any atom is 0.245 e. The van der Waals surface area contributed by atoms with E-state index < -0.39 is 0 Å². The first-order valence-electron chi connectivity index (χ1n) is 11.9. The summed E-state index contributed by atoms with van der Waals surface area (Å²) < 4.78 is 9.48. The van der Waals surface area contributed by atoms with Gasteiger partial charge in [0.15, 0.2) is 22.1 Å². The van der Waals surface area contributed by atoms with Crippen LogP contribution < -0.4 is 9.13 Å². The van der Waals surface area contributed by atoms with Crippen molar-refractivity contribution in [2.24, 2.45) is 0 Å². The first kappa shape index (κ1) is 20.4. The van der Waals surface area contributed by atoms with Gasteiger partial charge in [0.25, 0.3) is 0 Å². The van der Waals surface area contributed by atoms with Crippen LogP contribution >= 0.6 is 0 Å². The van der Waals surface area contributed by atoms with Crippen molar-refractivity contribution in [2.75, 3.05) is 0 Å². The monoisotopic (exact) mass is 444 g/mol. The smallest absolute Gasteiger partial charge is 0.226 e. The number of aromatic nitrogens is 4. The molecule has 0 saturated heterocycles. The van der Waals surface area contributed by atoms with Gasteiger partial charge in [-0.05, 0) is 35.4 Å². The minimum Gasteiger partial charge on any atom is -0.226 e. The van der Waals surface area contributed by atoms with Crippen LogP contribution in [0.1, 0.15) is 11.1 Å². The van der Waals surface area contributed by atoms with Crippen molar-refractivity contribution in [3.8, 4) is 0 Å². The number of hydrogen-bond acceptors (Lipinski definition) is 0. The summed E-state index contributed by atoms with van der Waals surface area (Å²) in [6.07, 6.45) is 4.53. The molecule has 4 nitrogen and oxygen atoms in total. The number of fused-ring (bicyclic) bond motifs is 2. The third-order valence-corrected chi connectivity index (χ3v) is 6.53. The summed E-state index contributed by atoms with van der Waals surface area (Å²) in [7, 11) is 0. The third-order valence-electron chi connectivity index (χ3n) is 6.53. The van der Waals surface area contributed by atoms with Crippen LogP contribution in [0.25, 0.3) is 22.1 Å². The molecule has 0 N–H and O–H groups in total. The van der Waals surface area contributed by atoms with Gasteiger partial charge in [-0.15, -0.1) is 0 Å². The Morgan fingerprint density at radius 1 is 0.441 bits per heavy atom. The van der Waals surface area contributed by atoms with Gasteiger partial charge in [-0.2, -0.15) is 0 Å². The molecule has 0 aliphatic heterocycles. The minimum atomic E-state index is 0.873. The lowest BCUT2D eigenvalue weighted by Gasteiger charge is -1.98. The highest BCUT2D eigenvalue weighted by Gasteiger charge is 2.19. The van der Waals surface area contributed by atoms with E-state index in [1.165, 1.54) is 33.2 Å². The summed E-state index contributed by atoms with van der Waals surface area (Å²) in [6.45, 7) is 3.56. The fraction of sp³-hybridized carbons (Fsp3) is 0.133. The van der Waals surface area contributed by atoms with Crippen molar-refractivity contribution in [1.82, 2.24) is 9.13 Å². The highest BCUT2D eigenvalue weighted by Crippen LogP contribution is 2.15. The van der Waals surface area contributed by atoms with Gasteiger partial charge in [-0.25, -0.2) is 18.3 Å². The number of para-hydroxylation sites is 4. The fourth-order valence-corrected chi connectivity index (χ4v) is 4.87. The largest absolute Gasteiger partial charge is 0.245 e. The van der Waals surface area contributed by atoms with Crippen molar-refractivity contribution < 1.29 is 9.13 Å². The molecule has 0 fully saturated rings. The molecule has 2 aromatic heterocycles. The zero-order valence-electron chi connectivity index (χ0n) is 19.2. The van der Waals surface area contributed by atoms with Gasteiger partial charge < -0.3 is 0 Å². The number of nitrogens with zero attached hydrogens (tertiary/aromatic N) is 4. The van der Waals surface area contributed by atoms with E-state index in [2.05, 4.69) is 140 Å². The number of rotatable bonds is 7. The lowest BCUT2D eigenvalue weighted by atomic mass is 10.2. The standard InChI is InChI=1S/C30H28N4/c1-3-11-25(12-4-1)21-33-23-31(27-15-7-9-17-29(27)33)19-20-32-24-34(22-26-13-5-2-6-14-26)30-18-10-8-16-28(30)32/h1-18,23-24H,19-22H2/q+2. The van der Waals surface area contributed by atoms with Crippen molar-refractivity contribution in [3.63, 3.8) is 0 Å². The second kappa shape index (κ2) is 8.99. The Hall–Kier alpha value is -4.18. The van der Waals surface area contributed by atoms with E-state index in [9.17, 15) is 0 Å². The third kappa shape index (κ3) is 3.99. The maximum atomic E-state index is 2.38. The number of hydrogen-bond donors (Lipinski definition) is 0. The van der Waals surface area contributed by atoms with Gasteiger partial charge in [0.2, 0.25) is 12.7 Å². The van der Waals surface area contributed by atoms with Gasteiger partial charge >= 0.3 is 0 Å². The Bertz CT molecular complexity index is 1430. The highest BCUT2D eigenvalue weighted by molar-refractivity contribution is 5.72. The molecule has 4 aromatic carbocycles. The molecule has 0 saturated carbocycles. The SMILES string of the molecule is c1ccc(C[n+]2cn(CCn3c[n+](Cc4ccccc4)c4ccccc43)c3ccccc32)cc1. The summed E-state index contributed by atoms with van der Waals surface area (Å²) in [5.74, 6) is 0. The number of imidazole rings is 2. The van der Waals surface area contributed by atoms with Crippen molar-refractivity contribution >= 4 is 22.1 Å². The van der Waals surface area contributed by atoms with Gasteiger partial charge in [0.1, 0.15) is 26.2 Å². The summed E-state index contributed by atoms with van der Waals surface area (Å²) in [6, 6.07) is 38.7. The van der Waals surface area contributed by atoms with E-state index in [0.29, 0.717) is 0 Å². The number of aryl methyl sites for hydroxylation is 2. The summed E-state index contributed by atoms with van der Waals surface area (Å²) >= 11 is 0. The van der Waals surface area contributed by atoms with Crippen LogP contribution in [0.3, 0.4) is 0 Å². The van der Waals surface area contributed by atoms with E-state index in [0.717, 1.165) is 26.2 Å². The molecular weight excluding hydrogens is 416 g/mol. The van der Waals surface area contributed by atoms with E-state index >= 15 is 0 Å². The molecule has 0 spiro atoms. The first-order valence-corrected chi connectivity index (χ1v) is 11.9. The topological polar surface area (TPSA) is 17.6 Å². The summed E-state index contributed by atoms with van der Waals surface area (Å²) in [5.41, 5.74) is 7.70. The molecule has 0 radical (unpaired) electrons. The molecule has 0 aliphatic rings. The molecule has 6 rings (SSSR count). The quantitative estimate of drug-likeness (QED) is 0.310. The van der Waals surface area contributed by atoms with Crippen LogP contribution in [-0.2, 0) is 26.2 Å². The van der Waals surface area contributed by atoms with Gasteiger partial charge in [-0.1, -0.05) is 84.9 Å². The zero-order chi connectivity index (χ0) is 22.7. The van der Waals surface area contributed by atoms with E-state index in [1.807, 2.05) is 0 Å². The average Bonchev–Trinajstić information content (AvgIpc) is 3.42. The van der Waals surface area contributed by atoms with E-state index in [4.69, 9.17) is 0 Å². The van der Waals surface area contributed by atoms with Crippen LogP contribution in [0, 0.1) is 0 Å². The normalized spacial score (nSPS) is 11.4. The van der Waals surface area contributed by atoms with Crippen LogP contribution in [0.4, 0.5) is 0 Å². The molecule has 0 unspecified atom stereocenters. The second-order valence-electron chi connectivity index (χ2n) is 8.82. The van der Waals surface area contributed by atoms with Crippen LogP contribution in [0.2, 0.25) is 0 Å². The van der Waals surface area contributed by atoms with Crippen LogP contribution in [-0.4, -0.2) is 9.13 Å². The summed E-state index contributed by atoms with van der Waals surface area (Å²) in [5, 5.41) is 0. The molecule has 166 valence electrons. The van der Waals surface area contributed by atoms with Crippen molar-refractivity contribution in [1.29, 1.82) is 0 Å². The minimum absolute atomic E-state index is 0.873. The lowest BCUT2D eigenvalue weighted by molar-refractivity contribution is -0.663. The second-order valence-corrected chi connectivity index (χ2v) is 8.82. The molecule has 34 heavy (non-hydrogen) atoms. The fourth-order valence-electron chi connectivity index (χ4n) is 4.87. The molecule has 4 heteroatoms. The van der Waals surface area contributed by atoms with Crippen LogP contribution in [0.15, 0.2) is 122 Å². The Kier molecular flexibility index (Phi) is 5.40. The van der Waals surface area contributed by atoms with Crippen LogP contribution in [0.5, 0.6) is 0 Å². The Labute approximate surface area is 199 Å². The first-order chi connectivity index (χ1) is 16.8. The van der Waals surface area contributed by atoms with Gasteiger partial charge in [0.05, 0.1) is 0 Å². The Morgan fingerprint density at radius 2 is 0.824 bits per heavy atom. The molecular formula is C30H28N4+2. The predicted molar refractivity (Wildman–Crippen MR) is 135 cm³/mol. The average molecular weight is 445 g/mol. The highest BCUT2D eigenvalue weighted by atomic mass is 15.2. The van der Waals surface area contributed by atoms with Gasteiger partial charge in [0, 0.05) is 0 Å². The molecule has 0 aliphatic carbocycles. The Balaban J connectivity index is 1.30. The number of benzene rings is 4. The predicted octanol–water partition coefficient (Wildman–Crippen LogP) is 4.97.